The summed E-state index contributed by atoms with van der Waals surface area (Å²) in [5, 5.41) is 3.44. The Kier molecular flexibility index (Phi) is 7.10. The highest BCUT2D eigenvalue weighted by Gasteiger charge is 2.43. The van der Waals surface area contributed by atoms with Gasteiger partial charge in [-0.05, 0) is 53.4 Å². The van der Waals surface area contributed by atoms with Crippen molar-refractivity contribution < 1.29 is 9.53 Å². The molecule has 1 amide bonds. The second kappa shape index (κ2) is 8.11. The van der Waals surface area contributed by atoms with Gasteiger partial charge in [-0.15, -0.1) is 0 Å². The van der Waals surface area contributed by atoms with Crippen LogP contribution in [0, 0.1) is 0 Å². The van der Waals surface area contributed by atoms with Crippen LogP contribution in [0.1, 0.15) is 53.4 Å². The topological polar surface area (TPSA) is 67.6 Å². The number of rotatable bonds is 8. The predicted molar refractivity (Wildman–Crippen MR) is 86.2 cm³/mol. The predicted octanol–water partition coefficient (Wildman–Crippen LogP) is 1.51. The van der Waals surface area contributed by atoms with Gasteiger partial charge in [0, 0.05) is 31.8 Å². The van der Waals surface area contributed by atoms with Gasteiger partial charge in [0.25, 0.3) is 0 Å². The van der Waals surface area contributed by atoms with E-state index in [2.05, 4.69) is 37.9 Å². The van der Waals surface area contributed by atoms with E-state index in [1.807, 2.05) is 0 Å². The number of amides is 1. The molecule has 1 aliphatic carbocycles. The number of methoxy groups -OCH3 is 1. The van der Waals surface area contributed by atoms with E-state index in [-0.39, 0.29) is 11.9 Å². The number of nitrogens with two attached hydrogens (primary N) is 1. The average molecular weight is 299 g/mol. The van der Waals surface area contributed by atoms with Crippen LogP contribution in [0.15, 0.2) is 0 Å². The molecule has 0 aromatic carbocycles. The first-order valence-corrected chi connectivity index (χ1v) is 8.14. The Morgan fingerprint density at radius 1 is 1.43 bits per heavy atom. The summed E-state index contributed by atoms with van der Waals surface area (Å²) in [5.41, 5.74) is 5.19. The number of primary amides is 1. The molecule has 1 rings (SSSR count). The molecule has 0 bridgehead atoms. The van der Waals surface area contributed by atoms with Crippen molar-refractivity contribution in [3.05, 3.63) is 0 Å². The maximum Gasteiger partial charge on any atom is 0.237 e. The average Bonchev–Trinajstić information content (AvgIpc) is 2.38. The van der Waals surface area contributed by atoms with Crippen LogP contribution in [0.4, 0.5) is 0 Å². The van der Waals surface area contributed by atoms with Gasteiger partial charge in [0.05, 0.1) is 12.1 Å². The SMILES string of the molecule is COCCN(C(C)C)C1CCCC(NC(C)C)(C(N)=O)C1. The van der Waals surface area contributed by atoms with E-state index in [9.17, 15) is 4.79 Å². The van der Waals surface area contributed by atoms with Crippen LogP contribution in [0.5, 0.6) is 0 Å². The minimum absolute atomic E-state index is 0.212. The number of nitrogens with one attached hydrogen (secondary N) is 1. The maximum absolute atomic E-state index is 12.1. The largest absolute Gasteiger partial charge is 0.383 e. The summed E-state index contributed by atoms with van der Waals surface area (Å²) in [4.78, 5) is 14.5. The lowest BCUT2D eigenvalue weighted by molar-refractivity contribution is -0.127. The van der Waals surface area contributed by atoms with Crippen LogP contribution in [-0.2, 0) is 9.53 Å². The Balaban J connectivity index is 2.86. The van der Waals surface area contributed by atoms with E-state index in [1.165, 1.54) is 0 Å². The summed E-state index contributed by atoms with van der Waals surface area (Å²) >= 11 is 0. The summed E-state index contributed by atoms with van der Waals surface area (Å²) in [7, 11) is 1.73. The first kappa shape index (κ1) is 18.4. The molecule has 0 aliphatic heterocycles. The third-order valence-corrected chi connectivity index (χ3v) is 4.45. The molecule has 5 heteroatoms. The molecule has 0 heterocycles. The zero-order valence-electron chi connectivity index (χ0n) is 14.3. The number of ether oxygens (including phenoxy) is 1. The molecule has 2 atom stereocenters. The van der Waals surface area contributed by atoms with Crippen LogP contribution in [-0.4, -0.2) is 54.7 Å². The van der Waals surface area contributed by atoms with Crippen LogP contribution < -0.4 is 11.1 Å². The van der Waals surface area contributed by atoms with Crippen molar-refractivity contribution in [2.75, 3.05) is 20.3 Å². The van der Waals surface area contributed by atoms with Crippen LogP contribution in [0.2, 0.25) is 0 Å². The lowest BCUT2D eigenvalue weighted by atomic mass is 9.77. The van der Waals surface area contributed by atoms with Gasteiger partial charge in [0.1, 0.15) is 0 Å². The van der Waals surface area contributed by atoms with E-state index in [0.717, 1.165) is 38.8 Å². The maximum atomic E-state index is 12.1. The molecule has 21 heavy (non-hydrogen) atoms. The third-order valence-electron chi connectivity index (χ3n) is 4.45. The smallest absolute Gasteiger partial charge is 0.237 e. The molecular formula is C16H33N3O2. The summed E-state index contributed by atoms with van der Waals surface area (Å²) in [6.45, 7) is 10.2. The number of carbonyl (C=O) groups excluding carboxylic acids is 1. The molecule has 1 saturated carbocycles. The highest BCUT2D eigenvalue weighted by atomic mass is 16.5. The molecule has 1 aliphatic rings. The number of carbonyl (C=O) groups is 1. The molecule has 5 nitrogen and oxygen atoms in total. The standard InChI is InChI=1S/C16H33N3O2/c1-12(2)18-16(15(17)20)8-6-7-14(11-16)19(13(3)4)9-10-21-5/h12-14,18H,6-11H2,1-5H3,(H2,17,20). The molecule has 0 radical (unpaired) electrons. The lowest BCUT2D eigenvalue weighted by Crippen LogP contribution is -2.62. The second-order valence-corrected chi connectivity index (χ2v) is 6.82. The van der Waals surface area contributed by atoms with Gasteiger partial charge in [-0.25, -0.2) is 0 Å². The van der Waals surface area contributed by atoms with Crippen LogP contribution in [0.25, 0.3) is 0 Å². The molecule has 2 unspecified atom stereocenters. The number of nitrogens with zero attached hydrogens (tertiary/aromatic N) is 1. The Bertz CT molecular complexity index is 333. The van der Waals surface area contributed by atoms with Crippen molar-refractivity contribution in [1.29, 1.82) is 0 Å². The molecule has 1 fully saturated rings. The van der Waals surface area contributed by atoms with Gasteiger partial charge in [-0.3, -0.25) is 9.69 Å². The Morgan fingerprint density at radius 3 is 2.57 bits per heavy atom. The van der Waals surface area contributed by atoms with Crippen LogP contribution in [0.3, 0.4) is 0 Å². The van der Waals surface area contributed by atoms with Crippen molar-refractivity contribution in [1.82, 2.24) is 10.2 Å². The van der Waals surface area contributed by atoms with Gasteiger partial charge in [-0.1, -0.05) is 0 Å². The molecule has 0 spiro atoms. The first-order valence-electron chi connectivity index (χ1n) is 8.14. The van der Waals surface area contributed by atoms with E-state index in [1.54, 1.807) is 7.11 Å². The van der Waals surface area contributed by atoms with E-state index < -0.39 is 5.54 Å². The number of hydrogen-bond acceptors (Lipinski definition) is 4. The fourth-order valence-corrected chi connectivity index (χ4v) is 3.57. The van der Waals surface area contributed by atoms with Crippen molar-refractivity contribution >= 4 is 5.91 Å². The molecule has 0 saturated heterocycles. The Hall–Kier alpha value is -0.650. The highest BCUT2D eigenvalue weighted by Crippen LogP contribution is 2.32. The van der Waals surface area contributed by atoms with Gasteiger partial charge < -0.3 is 15.8 Å². The Morgan fingerprint density at radius 2 is 2.10 bits per heavy atom. The van der Waals surface area contributed by atoms with Crippen molar-refractivity contribution in [3.63, 3.8) is 0 Å². The molecular weight excluding hydrogens is 266 g/mol. The minimum atomic E-state index is -0.558. The molecule has 124 valence electrons. The zero-order chi connectivity index (χ0) is 16.0. The summed E-state index contributed by atoms with van der Waals surface area (Å²) in [5.74, 6) is -0.212. The summed E-state index contributed by atoms with van der Waals surface area (Å²) in [6.07, 6.45) is 3.79. The zero-order valence-corrected chi connectivity index (χ0v) is 14.3. The lowest BCUT2D eigenvalue weighted by Gasteiger charge is -2.45. The highest BCUT2D eigenvalue weighted by molar-refractivity contribution is 5.85. The van der Waals surface area contributed by atoms with Crippen molar-refractivity contribution in [2.45, 2.75) is 77.0 Å². The minimum Gasteiger partial charge on any atom is -0.383 e. The fourth-order valence-electron chi connectivity index (χ4n) is 3.57. The van der Waals surface area contributed by atoms with Gasteiger partial charge in [0.15, 0.2) is 0 Å². The van der Waals surface area contributed by atoms with E-state index in [0.29, 0.717) is 12.1 Å². The van der Waals surface area contributed by atoms with Gasteiger partial charge >= 0.3 is 0 Å². The normalized spacial score (nSPS) is 26.8. The van der Waals surface area contributed by atoms with Crippen LogP contribution >= 0.6 is 0 Å². The molecule has 3 N–H and O–H groups in total. The quantitative estimate of drug-likeness (QED) is 0.713. The second-order valence-electron chi connectivity index (χ2n) is 6.82. The summed E-state index contributed by atoms with van der Waals surface area (Å²) in [6, 6.07) is 1.07. The van der Waals surface area contributed by atoms with Crippen molar-refractivity contribution in [3.8, 4) is 0 Å². The van der Waals surface area contributed by atoms with Gasteiger partial charge in [-0.2, -0.15) is 0 Å². The Labute approximate surface area is 129 Å². The fraction of sp³-hybridized carbons (Fsp3) is 0.938. The monoisotopic (exact) mass is 299 g/mol. The number of hydrogen-bond donors (Lipinski definition) is 2. The third kappa shape index (κ3) is 4.94. The summed E-state index contributed by atoms with van der Waals surface area (Å²) < 4.78 is 5.23. The molecule has 0 aromatic heterocycles. The van der Waals surface area contributed by atoms with Gasteiger partial charge in [0.2, 0.25) is 5.91 Å². The van der Waals surface area contributed by atoms with E-state index in [4.69, 9.17) is 10.5 Å². The van der Waals surface area contributed by atoms with E-state index >= 15 is 0 Å². The van der Waals surface area contributed by atoms with Crippen molar-refractivity contribution in [2.24, 2.45) is 5.73 Å². The molecule has 0 aromatic rings. The first-order chi connectivity index (χ1) is 9.82.